The lowest BCUT2D eigenvalue weighted by Gasteiger charge is -2.45. The zero-order chi connectivity index (χ0) is 30.2. The van der Waals surface area contributed by atoms with Gasteiger partial charge in [-0.1, -0.05) is 6.92 Å². The van der Waals surface area contributed by atoms with Crippen LogP contribution in [0.3, 0.4) is 0 Å². The van der Waals surface area contributed by atoms with Gasteiger partial charge < -0.3 is 0 Å². The molecule has 0 spiro atoms. The summed E-state index contributed by atoms with van der Waals surface area (Å²) in [6, 6.07) is 0. The van der Waals surface area contributed by atoms with E-state index in [0.717, 1.165) is 0 Å². The maximum Gasteiger partial charge on any atom is 0.385 e. The van der Waals surface area contributed by atoms with Crippen LogP contribution in [-0.2, 0) is 0 Å². The van der Waals surface area contributed by atoms with Gasteiger partial charge in [0.25, 0.3) is 0 Å². The first-order valence-electron chi connectivity index (χ1n) is 8.22. The first-order valence-corrected chi connectivity index (χ1v) is 8.22. The molecule has 0 aromatic heterocycles. The molecule has 0 saturated carbocycles. The van der Waals surface area contributed by atoms with Crippen molar-refractivity contribution in [1.29, 1.82) is 0 Å². The van der Waals surface area contributed by atoms with E-state index in [1.807, 2.05) is 0 Å². The van der Waals surface area contributed by atoms with Gasteiger partial charge in [-0.05, 0) is 0 Å². The summed E-state index contributed by atoms with van der Waals surface area (Å²) >= 11 is 0. The highest BCUT2D eigenvalue weighted by atomic mass is 19.4. The molecular formula is C14H8F22. The Morgan fingerprint density at radius 2 is 0.472 bits per heavy atom. The highest BCUT2D eigenvalue weighted by Gasteiger charge is 2.98. The summed E-state index contributed by atoms with van der Waals surface area (Å²) in [6.07, 6.45) is -2.66. The molecule has 218 valence electrons. The number of halogens is 22. The van der Waals surface area contributed by atoms with Crippen molar-refractivity contribution < 1.29 is 96.6 Å². The molecule has 36 heavy (non-hydrogen) atoms. The van der Waals surface area contributed by atoms with Gasteiger partial charge in [0, 0.05) is 13.3 Å². The van der Waals surface area contributed by atoms with Crippen molar-refractivity contribution in [3.63, 3.8) is 0 Å². The third-order valence-corrected chi connectivity index (χ3v) is 4.61. The molecule has 0 bridgehead atoms. The molecule has 0 fully saturated rings. The standard InChI is InChI=1S/C14H8F22/c1-3-5(17,18)7(21,22)9(25,26)11(29,30)13(33,34)14(35,36)12(31,32)10(27,28)8(23,24)6(19,20)4(2,15)16/h3H2,1-2H3. The SMILES string of the molecule is CCC(F)(F)C(F)(F)C(F)(F)C(F)(F)C(F)(F)C(F)(F)C(F)(F)C(F)(F)C(F)(F)C(F)(F)C(C)(F)F. The lowest BCUT2D eigenvalue weighted by atomic mass is 9.84. The molecule has 0 rings (SSSR count). The molecule has 0 amide bonds. The molecular weight excluding hydrogens is 586 g/mol. The van der Waals surface area contributed by atoms with Gasteiger partial charge in [-0.3, -0.25) is 0 Å². The fourth-order valence-corrected chi connectivity index (χ4v) is 2.11. The van der Waals surface area contributed by atoms with Gasteiger partial charge in [0.1, 0.15) is 0 Å². The van der Waals surface area contributed by atoms with E-state index in [1.54, 1.807) is 0 Å². The first kappa shape index (κ1) is 34.5. The third-order valence-electron chi connectivity index (χ3n) is 4.61. The fourth-order valence-electron chi connectivity index (χ4n) is 2.11. The van der Waals surface area contributed by atoms with Gasteiger partial charge >= 0.3 is 65.1 Å². The molecule has 0 heterocycles. The highest BCUT2D eigenvalue weighted by Crippen LogP contribution is 2.67. The normalized spacial score (nSPS) is 17.0. The Hall–Kier alpha value is -1.54. The van der Waals surface area contributed by atoms with Crippen LogP contribution in [0.25, 0.3) is 0 Å². The molecule has 0 aromatic carbocycles. The molecule has 0 nitrogen and oxygen atoms in total. The zero-order valence-electron chi connectivity index (χ0n) is 16.5. The molecule has 0 saturated heterocycles. The average Bonchev–Trinajstić information content (AvgIpc) is 2.65. The smallest absolute Gasteiger partial charge is 0.200 e. The minimum absolute atomic E-state index is 0.213. The van der Waals surface area contributed by atoms with Crippen molar-refractivity contribution in [1.82, 2.24) is 0 Å². The van der Waals surface area contributed by atoms with Crippen LogP contribution >= 0.6 is 0 Å². The van der Waals surface area contributed by atoms with Gasteiger partial charge in [0.2, 0.25) is 0 Å². The van der Waals surface area contributed by atoms with E-state index >= 15 is 0 Å². The first-order chi connectivity index (χ1) is 15.1. The summed E-state index contributed by atoms with van der Waals surface area (Å²) in [6.45, 7) is -1.64. The molecule has 0 atom stereocenters. The summed E-state index contributed by atoms with van der Waals surface area (Å²) in [5.41, 5.74) is 0. The van der Waals surface area contributed by atoms with Gasteiger partial charge in [-0.15, -0.1) is 0 Å². The molecule has 0 N–H and O–H groups in total. The maximum atomic E-state index is 13.5. The monoisotopic (exact) mass is 594 g/mol. The van der Waals surface area contributed by atoms with Gasteiger partial charge in [-0.2, -0.15) is 96.6 Å². The van der Waals surface area contributed by atoms with Crippen molar-refractivity contribution in [2.24, 2.45) is 0 Å². The largest absolute Gasteiger partial charge is 0.385 e. The second-order valence-electron chi connectivity index (χ2n) is 7.12. The van der Waals surface area contributed by atoms with Crippen molar-refractivity contribution >= 4 is 0 Å². The van der Waals surface area contributed by atoms with Crippen LogP contribution in [0.4, 0.5) is 96.6 Å². The van der Waals surface area contributed by atoms with Crippen molar-refractivity contribution in [2.45, 2.75) is 85.4 Å². The summed E-state index contributed by atoms with van der Waals surface area (Å²) in [4.78, 5) is 0. The van der Waals surface area contributed by atoms with Crippen LogP contribution in [0.5, 0.6) is 0 Å². The molecule has 0 unspecified atom stereocenters. The Morgan fingerprint density at radius 3 is 0.639 bits per heavy atom. The minimum atomic E-state index is -9.23. The van der Waals surface area contributed by atoms with E-state index in [2.05, 4.69) is 0 Å². The second kappa shape index (κ2) is 8.23. The number of alkyl halides is 22. The van der Waals surface area contributed by atoms with E-state index < -0.39 is 78.5 Å². The molecule has 0 aliphatic heterocycles. The van der Waals surface area contributed by atoms with Gasteiger partial charge in [0.05, 0.1) is 0 Å². The second-order valence-corrected chi connectivity index (χ2v) is 7.12. The Balaban J connectivity index is 7.18. The van der Waals surface area contributed by atoms with Crippen LogP contribution in [0.2, 0.25) is 0 Å². The van der Waals surface area contributed by atoms with Crippen LogP contribution in [0, 0.1) is 0 Å². The third kappa shape index (κ3) is 3.84. The summed E-state index contributed by atoms with van der Waals surface area (Å²) < 4.78 is 291. The summed E-state index contributed by atoms with van der Waals surface area (Å²) in [7, 11) is 0. The Labute approximate surface area is 183 Å². The fraction of sp³-hybridized carbons (Fsp3) is 1.00. The average molecular weight is 594 g/mol. The van der Waals surface area contributed by atoms with Crippen LogP contribution < -0.4 is 0 Å². The molecule has 0 radical (unpaired) electrons. The van der Waals surface area contributed by atoms with E-state index in [4.69, 9.17) is 0 Å². The summed E-state index contributed by atoms with van der Waals surface area (Å²) in [5.74, 6) is -91.5. The number of hydrogen-bond donors (Lipinski definition) is 0. The van der Waals surface area contributed by atoms with Crippen LogP contribution in [-0.4, -0.2) is 65.1 Å². The molecule has 0 aliphatic carbocycles. The van der Waals surface area contributed by atoms with Crippen molar-refractivity contribution in [2.75, 3.05) is 0 Å². The van der Waals surface area contributed by atoms with E-state index in [9.17, 15) is 96.6 Å². The Kier molecular flexibility index (Phi) is 7.88. The van der Waals surface area contributed by atoms with Gasteiger partial charge in [0.15, 0.2) is 0 Å². The Morgan fingerprint density at radius 1 is 0.306 bits per heavy atom. The minimum Gasteiger partial charge on any atom is -0.200 e. The van der Waals surface area contributed by atoms with Crippen LogP contribution in [0.15, 0.2) is 0 Å². The molecule has 22 heteroatoms. The van der Waals surface area contributed by atoms with E-state index in [0.29, 0.717) is 0 Å². The topological polar surface area (TPSA) is 0 Å². The predicted molar refractivity (Wildman–Crippen MR) is 70.4 cm³/mol. The van der Waals surface area contributed by atoms with E-state index in [1.165, 1.54) is 0 Å². The number of rotatable bonds is 11. The quantitative estimate of drug-likeness (QED) is 0.211. The van der Waals surface area contributed by atoms with Crippen molar-refractivity contribution in [3.8, 4) is 0 Å². The predicted octanol–water partition coefficient (Wildman–Crippen LogP) is 8.40. The zero-order valence-corrected chi connectivity index (χ0v) is 16.5. The van der Waals surface area contributed by atoms with Gasteiger partial charge in [-0.25, -0.2) is 0 Å². The Bertz CT molecular complexity index is 798. The van der Waals surface area contributed by atoms with Crippen molar-refractivity contribution in [3.05, 3.63) is 0 Å². The molecule has 0 aromatic rings. The van der Waals surface area contributed by atoms with Crippen LogP contribution in [0.1, 0.15) is 20.3 Å². The summed E-state index contributed by atoms with van der Waals surface area (Å²) in [5, 5.41) is 0. The number of hydrogen-bond acceptors (Lipinski definition) is 0. The lowest BCUT2D eigenvalue weighted by Crippen LogP contribution is -2.77. The maximum absolute atomic E-state index is 13.5. The highest BCUT2D eigenvalue weighted by molar-refractivity contribution is 5.19. The van der Waals surface area contributed by atoms with E-state index in [-0.39, 0.29) is 6.92 Å². The molecule has 0 aliphatic rings. The lowest BCUT2D eigenvalue weighted by molar-refractivity contribution is -0.474.